The van der Waals surface area contributed by atoms with Crippen molar-refractivity contribution in [1.29, 1.82) is 0 Å². The van der Waals surface area contributed by atoms with Crippen LogP contribution in [0.2, 0.25) is 5.15 Å². The average Bonchev–Trinajstić information content (AvgIpc) is 2.41. The monoisotopic (exact) mass is 332 g/mol. The normalized spacial score (nSPS) is 18.6. The van der Waals surface area contributed by atoms with Gasteiger partial charge in [-0.2, -0.15) is 0 Å². The van der Waals surface area contributed by atoms with Crippen molar-refractivity contribution in [1.82, 2.24) is 4.98 Å². The Morgan fingerprint density at radius 2 is 2.11 bits per heavy atom. The molecule has 100 valence electrons. The lowest BCUT2D eigenvalue weighted by Gasteiger charge is -2.36. The Labute approximate surface area is 121 Å². The minimum Gasteiger partial charge on any atom is -0.396 e. The molecule has 0 spiro atoms. The Morgan fingerprint density at radius 1 is 1.39 bits per heavy atom. The molecule has 0 bridgehead atoms. The predicted molar refractivity (Wildman–Crippen MR) is 78.0 cm³/mol. The van der Waals surface area contributed by atoms with Crippen molar-refractivity contribution in [3.8, 4) is 0 Å². The molecule has 2 N–H and O–H groups in total. The summed E-state index contributed by atoms with van der Waals surface area (Å²) in [4.78, 5) is 4.08. The van der Waals surface area contributed by atoms with Crippen LogP contribution >= 0.6 is 27.5 Å². The number of pyridine rings is 1. The maximum atomic E-state index is 9.65. The fourth-order valence-electron chi connectivity index (χ4n) is 2.52. The molecular formula is C13H18BrClN2O. The van der Waals surface area contributed by atoms with Crippen LogP contribution in [0.3, 0.4) is 0 Å². The van der Waals surface area contributed by atoms with Crippen LogP contribution in [0.25, 0.3) is 0 Å². The SMILES string of the molecule is OCC1(CNc2cc(Br)cnc2Cl)CCCCC1. The summed E-state index contributed by atoms with van der Waals surface area (Å²) in [5, 5.41) is 13.5. The highest BCUT2D eigenvalue weighted by Gasteiger charge is 2.31. The molecule has 0 aromatic carbocycles. The first kappa shape index (κ1) is 14.1. The number of rotatable bonds is 4. The van der Waals surface area contributed by atoms with Crippen LogP contribution in [0.1, 0.15) is 32.1 Å². The lowest BCUT2D eigenvalue weighted by Crippen LogP contribution is -2.35. The molecule has 0 unspecified atom stereocenters. The molecule has 0 atom stereocenters. The molecule has 1 saturated carbocycles. The lowest BCUT2D eigenvalue weighted by atomic mass is 9.74. The maximum absolute atomic E-state index is 9.65. The van der Waals surface area contributed by atoms with Crippen molar-refractivity contribution in [2.45, 2.75) is 32.1 Å². The summed E-state index contributed by atoms with van der Waals surface area (Å²) in [5.74, 6) is 0. The highest BCUT2D eigenvalue weighted by molar-refractivity contribution is 9.10. The van der Waals surface area contributed by atoms with Crippen LogP contribution in [0.4, 0.5) is 5.69 Å². The Kier molecular flexibility index (Phi) is 4.87. The van der Waals surface area contributed by atoms with Crippen LogP contribution < -0.4 is 5.32 Å². The quantitative estimate of drug-likeness (QED) is 0.823. The summed E-state index contributed by atoms with van der Waals surface area (Å²) < 4.78 is 0.899. The van der Waals surface area contributed by atoms with E-state index in [1.54, 1.807) is 6.20 Å². The van der Waals surface area contributed by atoms with Gasteiger partial charge >= 0.3 is 0 Å². The zero-order valence-corrected chi connectivity index (χ0v) is 12.6. The van der Waals surface area contributed by atoms with E-state index >= 15 is 0 Å². The number of hydrogen-bond acceptors (Lipinski definition) is 3. The zero-order chi connectivity index (χ0) is 13.0. The molecular weight excluding hydrogens is 316 g/mol. The molecule has 1 aliphatic rings. The van der Waals surface area contributed by atoms with Crippen LogP contribution in [-0.2, 0) is 0 Å². The van der Waals surface area contributed by atoms with E-state index < -0.39 is 0 Å². The van der Waals surface area contributed by atoms with Crippen LogP contribution in [0.15, 0.2) is 16.7 Å². The first-order chi connectivity index (χ1) is 8.65. The van der Waals surface area contributed by atoms with Gasteiger partial charge < -0.3 is 10.4 Å². The van der Waals surface area contributed by atoms with E-state index in [0.29, 0.717) is 5.15 Å². The van der Waals surface area contributed by atoms with E-state index in [0.717, 1.165) is 29.5 Å². The fraction of sp³-hybridized carbons (Fsp3) is 0.615. The Morgan fingerprint density at radius 3 is 2.78 bits per heavy atom. The van der Waals surface area contributed by atoms with Gasteiger partial charge in [0.1, 0.15) is 0 Å². The Hall–Kier alpha value is -0.320. The third-order valence-corrected chi connectivity index (χ3v) is 4.44. The molecule has 5 heteroatoms. The summed E-state index contributed by atoms with van der Waals surface area (Å²) in [7, 11) is 0. The highest BCUT2D eigenvalue weighted by atomic mass is 79.9. The van der Waals surface area contributed by atoms with Crippen molar-refractivity contribution in [3.63, 3.8) is 0 Å². The largest absolute Gasteiger partial charge is 0.396 e. The second-order valence-electron chi connectivity index (χ2n) is 5.06. The minimum atomic E-state index is 0.00387. The maximum Gasteiger partial charge on any atom is 0.152 e. The molecule has 1 fully saturated rings. The molecule has 2 rings (SSSR count). The van der Waals surface area contributed by atoms with Crippen LogP contribution in [0, 0.1) is 5.41 Å². The van der Waals surface area contributed by atoms with Gasteiger partial charge in [0.15, 0.2) is 5.15 Å². The highest BCUT2D eigenvalue weighted by Crippen LogP contribution is 2.36. The number of aliphatic hydroxyl groups excluding tert-OH is 1. The Bertz CT molecular complexity index is 408. The number of aromatic nitrogens is 1. The van der Waals surface area contributed by atoms with Gasteiger partial charge in [0.2, 0.25) is 0 Å². The third kappa shape index (κ3) is 3.37. The topological polar surface area (TPSA) is 45.1 Å². The molecule has 0 aliphatic heterocycles. The number of anilines is 1. The van der Waals surface area contributed by atoms with Gasteiger partial charge in [0, 0.05) is 22.6 Å². The van der Waals surface area contributed by atoms with Crippen molar-refractivity contribution >= 4 is 33.2 Å². The average molecular weight is 334 g/mol. The summed E-state index contributed by atoms with van der Waals surface area (Å²) in [6, 6.07) is 1.92. The fourth-order valence-corrected chi connectivity index (χ4v) is 3.02. The zero-order valence-electron chi connectivity index (χ0n) is 10.3. The van der Waals surface area contributed by atoms with E-state index in [4.69, 9.17) is 11.6 Å². The van der Waals surface area contributed by atoms with E-state index in [2.05, 4.69) is 26.2 Å². The van der Waals surface area contributed by atoms with Crippen molar-refractivity contribution < 1.29 is 5.11 Å². The summed E-state index contributed by atoms with van der Waals surface area (Å²) in [6.45, 7) is 0.987. The van der Waals surface area contributed by atoms with Gasteiger partial charge in [-0.1, -0.05) is 30.9 Å². The first-order valence-electron chi connectivity index (χ1n) is 6.31. The number of aliphatic hydroxyl groups is 1. The molecule has 18 heavy (non-hydrogen) atoms. The van der Waals surface area contributed by atoms with E-state index in [-0.39, 0.29) is 12.0 Å². The smallest absolute Gasteiger partial charge is 0.152 e. The first-order valence-corrected chi connectivity index (χ1v) is 7.48. The second kappa shape index (κ2) is 6.22. The van der Waals surface area contributed by atoms with E-state index in [9.17, 15) is 5.11 Å². The van der Waals surface area contributed by atoms with Gasteiger partial charge in [-0.15, -0.1) is 0 Å². The summed E-state index contributed by atoms with van der Waals surface area (Å²) in [6.07, 6.45) is 7.52. The van der Waals surface area contributed by atoms with Crippen molar-refractivity contribution in [3.05, 3.63) is 21.9 Å². The van der Waals surface area contributed by atoms with E-state index in [1.807, 2.05) is 6.07 Å². The van der Waals surface area contributed by atoms with Crippen molar-refractivity contribution in [2.75, 3.05) is 18.5 Å². The molecule has 1 heterocycles. The number of nitrogens with one attached hydrogen (secondary N) is 1. The molecule has 0 radical (unpaired) electrons. The van der Waals surface area contributed by atoms with Gasteiger partial charge in [-0.3, -0.25) is 0 Å². The molecule has 1 aliphatic carbocycles. The number of hydrogen-bond donors (Lipinski definition) is 2. The minimum absolute atomic E-state index is 0.00387. The van der Waals surface area contributed by atoms with Gasteiger partial charge in [0.25, 0.3) is 0 Å². The summed E-state index contributed by atoms with van der Waals surface area (Å²) >= 11 is 9.43. The third-order valence-electron chi connectivity index (χ3n) is 3.71. The molecule has 3 nitrogen and oxygen atoms in total. The van der Waals surface area contributed by atoms with Gasteiger partial charge in [0.05, 0.1) is 12.3 Å². The summed E-state index contributed by atoms with van der Waals surface area (Å²) in [5.41, 5.74) is 0.827. The van der Waals surface area contributed by atoms with Gasteiger partial charge in [-0.05, 0) is 34.8 Å². The Balaban J connectivity index is 2.03. The van der Waals surface area contributed by atoms with E-state index in [1.165, 1.54) is 19.3 Å². The number of halogens is 2. The number of nitrogens with zero attached hydrogens (tertiary/aromatic N) is 1. The van der Waals surface area contributed by atoms with Crippen LogP contribution in [-0.4, -0.2) is 23.2 Å². The van der Waals surface area contributed by atoms with Gasteiger partial charge in [-0.25, -0.2) is 4.98 Å². The molecule has 0 amide bonds. The van der Waals surface area contributed by atoms with Crippen molar-refractivity contribution in [2.24, 2.45) is 5.41 Å². The predicted octanol–water partition coefficient (Wildman–Crippen LogP) is 3.85. The second-order valence-corrected chi connectivity index (χ2v) is 6.34. The molecule has 1 aromatic rings. The standard InChI is InChI=1S/C13H18BrClN2O/c14-10-6-11(12(15)16-7-10)17-8-13(9-18)4-2-1-3-5-13/h6-7,17-18H,1-5,8-9H2. The van der Waals surface area contributed by atoms with Crippen LogP contribution in [0.5, 0.6) is 0 Å². The molecule has 0 saturated heterocycles. The molecule has 1 aromatic heterocycles. The lowest BCUT2D eigenvalue weighted by molar-refractivity contribution is 0.0944.